The molecule has 0 aliphatic carbocycles. The van der Waals surface area contributed by atoms with Crippen molar-refractivity contribution in [2.45, 2.75) is 57.7 Å². The number of ether oxygens (including phenoxy) is 1. The van der Waals surface area contributed by atoms with Gasteiger partial charge in [0, 0.05) is 51.3 Å². The van der Waals surface area contributed by atoms with Crippen molar-refractivity contribution in [1.82, 2.24) is 19.9 Å². The normalized spacial score (nSPS) is 21.2. The number of alkyl halides is 3. The second kappa shape index (κ2) is 10.8. The molecule has 2 saturated heterocycles. The molecule has 1 amide bonds. The van der Waals surface area contributed by atoms with Crippen LogP contribution in [-0.2, 0) is 15.7 Å². The largest absolute Gasteiger partial charge is 0.416 e. The Morgan fingerprint density at radius 1 is 1.20 bits per heavy atom. The summed E-state index contributed by atoms with van der Waals surface area (Å²) in [5, 5.41) is 2.95. The van der Waals surface area contributed by atoms with Crippen molar-refractivity contribution in [3.05, 3.63) is 35.7 Å². The minimum Gasteiger partial charge on any atom is -0.375 e. The molecule has 2 aliphatic rings. The lowest BCUT2D eigenvalue weighted by atomic mass is 9.94. The number of hydrogen-bond acceptors (Lipinski definition) is 7. The van der Waals surface area contributed by atoms with Gasteiger partial charge < -0.3 is 19.9 Å². The number of pyridine rings is 1. The maximum atomic E-state index is 13.2. The molecule has 2 unspecified atom stereocenters. The van der Waals surface area contributed by atoms with E-state index in [0.717, 1.165) is 49.7 Å². The van der Waals surface area contributed by atoms with E-state index in [1.165, 1.54) is 0 Å². The van der Waals surface area contributed by atoms with E-state index in [1.54, 1.807) is 13.0 Å². The number of anilines is 3. The maximum Gasteiger partial charge on any atom is 0.416 e. The number of amides is 1. The van der Waals surface area contributed by atoms with Crippen molar-refractivity contribution in [2.75, 3.05) is 43.0 Å². The molecule has 4 heterocycles. The third kappa shape index (κ3) is 6.39. The Morgan fingerprint density at radius 3 is 2.77 bits per heavy atom. The van der Waals surface area contributed by atoms with Crippen LogP contribution in [-0.4, -0.2) is 64.6 Å². The second-order valence-corrected chi connectivity index (χ2v) is 9.06. The number of nitrogens with zero attached hydrogens (tertiary/aromatic N) is 5. The summed E-state index contributed by atoms with van der Waals surface area (Å²) in [6, 6.07) is 3.65. The van der Waals surface area contributed by atoms with Gasteiger partial charge >= 0.3 is 6.18 Å². The van der Waals surface area contributed by atoms with Crippen molar-refractivity contribution < 1.29 is 22.7 Å². The van der Waals surface area contributed by atoms with E-state index >= 15 is 0 Å². The molecular formula is C24H31F3N6O2. The first-order valence-corrected chi connectivity index (χ1v) is 12.0. The third-order valence-electron chi connectivity index (χ3n) is 6.39. The molecule has 0 radical (unpaired) electrons. The summed E-state index contributed by atoms with van der Waals surface area (Å²) >= 11 is 0. The molecule has 0 aromatic carbocycles. The summed E-state index contributed by atoms with van der Waals surface area (Å²) in [6.07, 6.45) is 0.368. The summed E-state index contributed by atoms with van der Waals surface area (Å²) < 4.78 is 45.4. The van der Waals surface area contributed by atoms with Crippen molar-refractivity contribution >= 4 is 23.5 Å². The molecule has 2 fully saturated rings. The van der Waals surface area contributed by atoms with Crippen LogP contribution in [0.25, 0.3) is 0 Å². The van der Waals surface area contributed by atoms with Gasteiger partial charge in [0.15, 0.2) is 0 Å². The number of likely N-dealkylation sites (tertiary alicyclic amines) is 1. The lowest BCUT2D eigenvalue weighted by Gasteiger charge is -2.34. The van der Waals surface area contributed by atoms with Crippen LogP contribution < -0.4 is 10.2 Å². The molecule has 35 heavy (non-hydrogen) atoms. The van der Waals surface area contributed by atoms with Crippen LogP contribution in [0.3, 0.4) is 0 Å². The standard InChI is InChI=1S/C24H31F3N6O2/c1-3-5-19-15-33(10-11-35-19)23-29-20(17-6-4-9-32(14-17)16(2)34)13-22(31-23)30-21-12-18(7-8-28-21)24(25,26)27/h7-8,12-13,17,19H,3-6,9-11,14-15H2,1-2H3,(H,28,29,30,31). The average Bonchev–Trinajstić information content (AvgIpc) is 2.84. The van der Waals surface area contributed by atoms with Gasteiger partial charge in [0.05, 0.1) is 24.0 Å². The second-order valence-electron chi connectivity index (χ2n) is 9.06. The fourth-order valence-corrected chi connectivity index (χ4v) is 4.58. The molecule has 2 aromatic heterocycles. The molecule has 2 atom stereocenters. The van der Waals surface area contributed by atoms with E-state index in [9.17, 15) is 18.0 Å². The van der Waals surface area contributed by atoms with Gasteiger partial charge in [-0.25, -0.2) is 9.97 Å². The Morgan fingerprint density at radius 2 is 2.03 bits per heavy atom. The SMILES string of the molecule is CCCC1CN(c2nc(Nc3cc(C(F)(F)F)ccn3)cc(C3CCCN(C(C)=O)C3)n2)CCO1. The smallest absolute Gasteiger partial charge is 0.375 e. The number of morpholine rings is 1. The van der Waals surface area contributed by atoms with Crippen LogP contribution in [0, 0.1) is 0 Å². The molecule has 1 N–H and O–H groups in total. The van der Waals surface area contributed by atoms with Gasteiger partial charge in [-0.1, -0.05) is 13.3 Å². The van der Waals surface area contributed by atoms with Crippen LogP contribution in [0.1, 0.15) is 56.7 Å². The molecule has 0 spiro atoms. The monoisotopic (exact) mass is 492 g/mol. The number of nitrogens with one attached hydrogen (secondary N) is 1. The predicted octanol–water partition coefficient (Wildman–Crippen LogP) is 4.37. The highest BCUT2D eigenvalue weighted by Crippen LogP contribution is 2.32. The van der Waals surface area contributed by atoms with E-state index in [-0.39, 0.29) is 23.7 Å². The van der Waals surface area contributed by atoms with E-state index < -0.39 is 11.7 Å². The molecule has 8 nitrogen and oxygen atoms in total. The van der Waals surface area contributed by atoms with Crippen LogP contribution >= 0.6 is 0 Å². The van der Waals surface area contributed by atoms with Crippen molar-refractivity contribution in [1.29, 1.82) is 0 Å². The fourth-order valence-electron chi connectivity index (χ4n) is 4.58. The van der Waals surface area contributed by atoms with Gasteiger partial charge in [0.25, 0.3) is 0 Å². The van der Waals surface area contributed by atoms with Crippen LogP contribution in [0.2, 0.25) is 0 Å². The highest BCUT2D eigenvalue weighted by Gasteiger charge is 2.31. The van der Waals surface area contributed by atoms with Crippen molar-refractivity contribution in [2.24, 2.45) is 0 Å². The topological polar surface area (TPSA) is 83.5 Å². The zero-order valence-corrected chi connectivity index (χ0v) is 20.0. The first kappa shape index (κ1) is 25.2. The molecule has 0 bridgehead atoms. The van der Waals surface area contributed by atoms with Gasteiger partial charge in [-0.05, 0) is 31.4 Å². The summed E-state index contributed by atoms with van der Waals surface area (Å²) in [5.41, 5.74) is -0.0292. The Balaban J connectivity index is 1.65. The van der Waals surface area contributed by atoms with E-state index in [2.05, 4.69) is 27.1 Å². The Labute approximate surface area is 202 Å². The van der Waals surface area contributed by atoms with Crippen LogP contribution in [0.15, 0.2) is 24.4 Å². The number of rotatable bonds is 6. The maximum absolute atomic E-state index is 13.2. The van der Waals surface area contributed by atoms with Crippen molar-refractivity contribution in [3.63, 3.8) is 0 Å². The minimum atomic E-state index is -4.47. The lowest BCUT2D eigenvalue weighted by Crippen LogP contribution is -2.43. The Kier molecular flexibility index (Phi) is 7.73. The number of hydrogen-bond donors (Lipinski definition) is 1. The molecule has 190 valence electrons. The van der Waals surface area contributed by atoms with E-state index in [4.69, 9.17) is 9.72 Å². The summed E-state index contributed by atoms with van der Waals surface area (Å²) in [5.74, 6) is 0.954. The molecule has 0 saturated carbocycles. The quantitative estimate of drug-likeness (QED) is 0.641. The fraction of sp³-hybridized carbons (Fsp3) is 0.583. The molecular weight excluding hydrogens is 461 g/mol. The van der Waals surface area contributed by atoms with Gasteiger partial charge in [-0.15, -0.1) is 0 Å². The van der Waals surface area contributed by atoms with E-state index in [0.29, 0.717) is 44.6 Å². The molecule has 2 aliphatic heterocycles. The van der Waals surface area contributed by atoms with Gasteiger partial charge in [-0.2, -0.15) is 18.2 Å². The highest BCUT2D eigenvalue weighted by atomic mass is 19.4. The highest BCUT2D eigenvalue weighted by molar-refractivity contribution is 5.73. The first-order valence-electron chi connectivity index (χ1n) is 12.0. The number of carbonyl (C=O) groups is 1. The number of halogens is 3. The average molecular weight is 493 g/mol. The number of aromatic nitrogens is 3. The van der Waals surface area contributed by atoms with Crippen LogP contribution in [0.5, 0.6) is 0 Å². The van der Waals surface area contributed by atoms with Gasteiger partial charge in [-0.3, -0.25) is 4.79 Å². The predicted molar refractivity (Wildman–Crippen MR) is 126 cm³/mol. The summed E-state index contributed by atoms with van der Waals surface area (Å²) in [7, 11) is 0. The molecule has 2 aromatic rings. The summed E-state index contributed by atoms with van der Waals surface area (Å²) in [6.45, 7) is 6.74. The zero-order valence-electron chi connectivity index (χ0n) is 20.0. The third-order valence-corrected chi connectivity index (χ3v) is 6.39. The van der Waals surface area contributed by atoms with E-state index in [1.807, 2.05) is 4.90 Å². The number of carbonyl (C=O) groups excluding carboxylic acids is 1. The Bertz CT molecular complexity index is 1030. The van der Waals surface area contributed by atoms with Crippen molar-refractivity contribution in [3.8, 4) is 0 Å². The Hall–Kier alpha value is -2.95. The molecule has 11 heteroatoms. The summed E-state index contributed by atoms with van der Waals surface area (Å²) in [4.78, 5) is 29.4. The minimum absolute atomic E-state index is 0.0110. The number of piperidine rings is 1. The van der Waals surface area contributed by atoms with Gasteiger partial charge in [0.1, 0.15) is 11.6 Å². The molecule has 4 rings (SSSR count). The zero-order chi connectivity index (χ0) is 25.0. The first-order chi connectivity index (χ1) is 16.7. The van der Waals surface area contributed by atoms with Crippen LogP contribution in [0.4, 0.5) is 30.8 Å². The lowest BCUT2D eigenvalue weighted by molar-refractivity contribution is -0.137. The van der Waals surface area contributed by atoms with Gasteiger partial charge in [0.2, 0.25) is 11.9 Å².